The molecule has 1 aliphatic rings. The van der Waals surface area contributed by atoms with Gasteiger partial charge in [0.2, 0.25) is 10.0 Å². The average molecular weight is 448 g/mol. The fraction of sp³-hybridized carbons (Fsp3) is 0.333. The summed E-state index contributed by atoms with van der Waals surface area (Å²) in [6.07, 6.45) is -3.21. The Morgan fingerprint density at radius 2 is 1.69 bits per heavy atom. The number of sulfonamides is 2. The van der Waals surface area contributed by atoms with Crippen molar-refractivity contribution in [2.24, 2.45) is 0 Å². The fourth-order valence-corrected chi connectivity index (χ4v) is 6.02. The van der Waals surface area contributed by atoms with Gasteiger partial charge in [0, 0.05) is 12.2 Å². The molecule has 0 spiro atoms. The molecule has 2 aromatic rings. The Bertz CT molecular complexity index is 1110. The summed E-state index contributed by atoms with van der Waals surface area (Å²) in [5.41, 5.74) is -0.192. The maximum atomic E-state index is 12.7. The largest absolute Gasteiger partial charge is 0.416 e. The summed E-state index contributed by atoms with van der Waals surface area (Å²) in [6, 6.07) is 7.82. The second-order valence-corrected chi connectivity index (χ2v) is 10.4. The van der Waals surface area contributed by atoms with Crippen molar-refractivity contribution in [2.75, 3.05) is 21.3 Å². The molecule has 0 atom stereocenters. The van der Waals surface area contributed by atoms with E-state index in [1.54, 1.807) is 0 Å². The predicted octanol–water partition coefficient (Wildman–Crippen LogP) is 3.74. The lowest BCUT2D eigenvalue weighted by atomic mass is 10.2. The quantitative estimate of drug-likeness (QED) is 0.772. The van der Waals surface area contributed by atoms with Crippen LogP contribution in [0.15, 0.2) is 47.4 Å². The van der Waals surface area contributed by atoms with Gasteiger partial charge in [0.15, 0.2) is 0 Å². The third-order valence-electron chi connectivity index (χ3n) is 4.55. The van der Waals surface area contributed by atoms with Gasteiger partial charge in [0.05, 0.1) is 21.9 Å². The number of nitrogens with zero attached hydrogens (tertiary/aromatic N) is 1. The van der Waals surface area contributed by atoms with E-state index in [-0.39, 0.29) is 16.3 Å². The number of aryl methyl sites for hydroxylation is 1. The molecule has 0 amide bonds. The molecular formula is C18H19F3N2O4S2. The van der Waals surface area contributed by atoms with Gasteiger partial charge in [-0.15, -0.1) is 0 Å². The van der Waals surface area contributed by atoms with Crippen LogP contribution < -0.4 is 9.03 Å². The summed E-state index contributed by atoms with van der Waals surface area (Å²) in [5.74, 6) is 0.0432. The fourth-order valence-electron chi connectivity index (χ4n) is 3.11. The third kappa shape index (κ3) is 4.67. The first-order valence-corrected chi connectivity index (χ1v) is 11.8. The zero-order valence-corrected chi connectivity index (χ0v) is 17.0. The van der Waals surface area contributed by atoms with E-state index in [2.05, 4.69) is 4.72 Å². The summed E-state index contributed by atoms with van der Waals surface area (Å²) in [5, 5.41) is 0. The minimum atomic E-state index is -4.52. The van der Waals surface area contributed by atoms with Gasteiger partial charge in [-0.3, -0.25) is 9.03 Å². The number of hydrogen-bond acceptors (Lipinski definition) is 4. The van der Waals surface area contributed by atoms with Crippen molar-refractivity contribution in [3.63, 3.8) is 0 Å². The Morgan fingerprint density at radius 1 is 1.03 bits per heavy atom. The van der Waals surface area contributed by atoms with Crippen LogP contribution in [0.2, 0.25) is 0 Å². The van der Waals surface area contributed by atoms with E-state index < -0.39 is 31.8 Å². The first kappa shape index (κ1) is 21.4. The van der Waals surface area contributed by atoms with Gasteiger partial charge in [0.1, 0.15) is 0 Å². The van der Waals surface area contributed by atoms with E-state index >= 15 is 0 Å². The number of hydrogen-bond donors (Lipinski definition) is 1. The summed E-state index contributed by atoms with van der Waals surface area (Å²) in [7, 11) is -7.50. The van der Waals surface area contributed by atoms with E-state index in [9.17, 15) is 30.0 Å². The number of nitrogens with one attached hydrogen (secondary N) is 1. The molecule has 3 rings (SSSR count). The van der Waals surface area contributed by atoms with Crippen molar-refractivity contribution in [3.05, 3.63) is 53.6 Å². The van der Waals surface area contributed by atoms with Crippen LogP contribution in [0, 0.1) is 6.92 Å². The second-order valence-electron chi connectivity index (χ2n) is 6.73. The highest BCUT2D eigenvalue weighted by Crippen LogP contribution is 2.31. The lowest BCUT2D eigenvalue weighted by molar-refractivity contribution is -0.137. The van der Waals surface area contributed by atoms with Crippen molar-refractivity contribution >= 4 is 31.4 Å². The summed E-state index contributed by atoms with van der Waals surface area (Å²) >= 11 is 0. The van der Waals surface area contributed by atoms with Crippen molar-refractivity contribution in [1.29, 1.82) is 0 Å². The molecule has 2 aromatic carbocycles. The Hall–Kier alpha value is -2.27. The highest BCUT2D eigenvalue weighted by atomic mass is 32.2. The average Bonchev–Trinajstić information content (AvgIpc) is 2.60. The zero-order chi connectivity index (χ0) is 21.4. The summed E-state index contributed by atoms with van der Waals surface area (Å²) < 4.78 is 91.2. The van der Waals surface area contributed by atoms with Gasteiger partial charge in [-0.2, -0.15) is 13.2 Å². The summed E-state index contributed by atoms with van der Waals surface area (Å²) in [4.78, 5) is -0.0874. The summed E-state index contributed by atoms with van der Waals surface area (Å²) in [6.45, 7) is 1.86. The predicted molar refractivity (Wildman–Crippen MR) is 104 cm³/mol. The molecule has 0 bridgehead atoms. The van der Waals surface area contributed by atoms with Crippen LogP contribution in [0.1, 0.15) is 24.0 Å². The Morgan fingerprint density at radius 3 is 2.24 bits per heavy atom. The molecule has 158 valence electrons. The van der Waals surface area contributed by atoms with Crippen LogP contribution in [-0.2, 0) is 26.2 Å². The number of rotatable bonds is 4. The van der Waals surface area contributed by atoms with Gasteiger partial charge < -0.3 is 0 Å². The number of benzene rings is 2. The van der Waals surface area contributed by atoms with Gasteiger partial charge in [-0.1, -0.05) is 0 Å². The van der Waals surface area contributed by atoms with Gasteiger partial charge in [0.25, 0.3) is 10.0 Å². The highest BCUT2D eigenvalue weighted by Gasteiger charge is 2.30. The van der Waals surface area contributed by atoms with Crippen LogP contribution in [0.5, 0.6) is 0 Å². The first-order chi connectivity index (χ1) is 13.4. The first-order valence-electron chi connectivity index (χ1n) is 8.71. The van der Waals surface area contributed by atoms with Gasteiger partial charge in [-0.05, 0) is 67.8 Å². The molecule has 0 saturated carbocycles. The molecule has 11 heteroatoms. The molecular weight excluding hydrogens is 429 g/mol. The molecule has 0 radical (unpaired) electrons. The minimum absolute atomic E-state index is 0.0138. The molecule has 1 fully saturated rings. The topological polar surface area (TPSA) is 83.6 Å². The van der Waals surface area contributed by atoms with Crippen LogP contribution in [-0.4, -0.2) is 29.1 Å². The Kier molecular flexibility index (Phi) is 5.56. The van der Waals surface area contributed by atoms with Crippen LogP contribution in [0.25, 0.3) is 0 Å². The Balaban J connectivity index is 1.86. The van der Waals surface area contributed by atoms with E-state index in [0.717, 1.165) is 24.3 Å². The SMILES string of the molecule is Cc1cc(N2CCCCS2(=O)=O)ccc1S(=O)(=O)Nc1ccc(C(F)(F)F)cc1. The maximum Gasteiger partial charge on any atom is 0.416 e. The molecule has 6 nitrogen and oxygen atoms in total. The van der Waals surface area contributed by atoms with E-state index in [0.29, 0.717) is 30.6 Å². The maximum absolute atomic E-state index is 12.7. The number of anilines is 2. The highest BCUT2D eigenvalue weighted by molar-refractivity contribution is 7.93. The molecule has 0 aliphatic carbocycles. The van der Waals surface area contributed by atoms with Gasteiger partial charge in [-0.25, -0.2) is 16.8 Å². The Labute approximate surface area is 167 Å². The van der Waals surface area contributed by atoms with Crippen molar-refractivity contribution < 1.29 is 30.0 Å². The van der Waals surface area contributed by atoms with Gasteiger partial charge >= 0.3 is 6.18 Å². The molecule has 1 saturated heterocycles. The third-order valence-corrected chi connectivity index (χ3v) is 7.96. The molecule has 1 heterocycles. The molecule has 0 aromatic heterocycles. The molecule has 0 unspecified atom stereocenters. The monoisotopic (exact) mass is 448 g/mol. The van der Waals surface area contributed by atoms with Crippen molar-refractivity contribution in [2.45, 2.75) is 30.8 Å². The standard InChI is InChI=1S/C18H19F3N2O4S2/c1-13-12-16(23-10-2-3-11-28(23,24)25)8-9-17(13)29(26,27)22-15-6-4-14(5-7-15)18(19,20)21/h4-9,12,22H,2-3,10-11H2,1H3. The lowest BCUT2D eigenvalue weighted by Gasteiger charge is -2.28. The molecule has 29 heavy (non-hydrogen) atoms. The minimum Gasteiger partial charge on any atom is -0.280 e. The number of halogens is 3. The van der Waals surface area contributed by atoms with Crippen molar-refractivity contribution in [1.82, 2.24) is 0 Å². The zero-order valence-electron chi connectivity index (χ0n) is 15.4. The van der Waals surface area contributed by atoms with Crippen LogP contribution >= 0.6 is 0 Å². The van der Waals surface area contributed by atoms with Crippen LogP contribution in [0.3, 0.4) is 0 Å². The smallest absolute Gasteiger partial charge is 0.280 e. The number of alkyl halides is 3. The van der Waals surface area contributed by atoms with E-state index in [1.807, 2.05) is 0 Å². The lowest BCUT2D eigenvalue weighted by Crippen LogP contribution is -2.37. The van der Waals surface area contributed by atoms with E-state index in [4.69, 9.17) is 0 Å². The van der Waals surface area contributed by atoms with Crippen LogP contribution in [0.4, 0.5) is 24.5 Å². The normalized spacial score (nSPS) is 17.2. The van der Waals surface area contributed by atoms with Crippen molar-refractivity contribution in [3.8, 4) is 0 Å². The second kappa shape index (κ2) is 7.52. The molecule has 1 aliphatic heterocycles. The molecule has 1 N–H and O–H groups in total. The van der Waals surface area contributed by atoms with E-state index in [1.165, 1.54) is 29.4 Å².